The number of benzene rings is 1. The summed E-state index contributed by atoms with van der Waals surface area (Å²) in [5.41, 5.74) is 7.55. The Bertz CT molecular complexity index is 622. The fourth-order valence-electron chi connectivity index (χ4n) is 3.04. The van der Waals surface area contributed by atoms with Crippen molar-refractivity contribution in [2.45, 2.75) is 24.5 Å². The number of cyclic esters (lactones) is 1. The fraction of sp³-hybridized carbons (Fsp3) is 0.529. The molecule has 127 valence electrons. The zero-order valence-corrected chi connectivity index (χ0v) is 14.5. The number of nitrogens with zero attached hydrogens (tertiary/aromatic N) is 1. The van der Waals surface area contributed by atoms with E-state index in [2.05, 4.69) is 10.2 Å². The number of aryl methyl sites for hydroxylation is 1. The number of carbonyl (C=O) groups excluding carboxylic acids is 2. The summed E-state index contributed by atoms with van der Waals surface area (Å²) in [6, 6.07) is 7.78. The summed E-state index contributed by atoms with van der Waals surface area (Å²) in [6.45, 7) is 1.50. The summed E-state index contributed by atoms with van der Waals surface area (Å²) in [7, 11) is 3.42. The standard InChI is InChI=1S/C17H21N2O4Si/c18-10-17(24)11-19(16(21)23-17)14-5-2-12(3-6-14)1-4-13-7-8-22-9-15(13)20/h2-3,5-6,13H,1,4,7-11,18H2. The number of hydrogen-bond acceptors (Lipinski definition) is 5. The highest BCUT2D eigenvalue weighted by atomic mass is 28.1. The molecule has 0 saturated carbocycles. The van der Waals surface area contributed by atoms with E-state index in [1.54, 1.807) is 4.90 Å². The van der Waals surface area contributed by atoms with Crippen LogP contribution in [0.4, 0.5) is 10.5 Å². The van der Waals surface area contributed by atoms with Crippen LogP contribution in [0.25, 0.3) is 0 Å². The molecule has 1 aromatic rings. The van der Waals surface area contributed by atoms with Gasteiger partial charge in [0.05, 0.1) is 16.8 Å². The van der Waals surface area contributed by atoms with E-state index in [4.69, 9.17) is 15.2 Å². The number of hydrogen-bond donors (Lipinski definition) is 1. The van der Waals surface area contributed by atoms with Crippen LogP contribution >= 0.6 is 0 Å². The molecule has 0 aliphatic carbocycles. The number of anilines is 1. The molecule has 1 amide bonds. The van der Waals surface area contributed by atoms with E-state index in [0.717, 1.165) is 30.5 Å². The number of ether oxygens (including phenoxy) is 2. The van der Waals surface area contributed by atoms with Crippen LogP contribution in [-0.4, -0.2) is 53.6 Å². The van der Waals surface area contributed by atoms with Crippen molar-refractivity contribution in [3.05, 3.63) is 29.8 Å². The number of Topliss-reactive ketones (excluding diaryl/α,β-unsaturated/α-hetero) is 1. The maximum atomic E-state index is 12.0. The number of amides is 1. The van der Waals surface area contributed by atoms with Crippen LogP contribution < -0.4 is 10.6 Å². The lowest BCUT2D eigenvalue weighted by molar-refractivity contribution is -0.132. The molecule has 7 heteroatoms. The van der Waals surface area contributed by atoms with Gasteiger partial charge < -0.3 is 15.2 Å². The minimum atomic E-state index is -0.820. The average Bonchev–Trinajstić information content (AvgIpc) is 2.90. The van der Waals surface area contributed by atoms with E-state index < -0.39 is 11.3 Å². The van der Waals surface area contributed by atoms with Gasteiger partial charge in [-0.25, -0.2) is 4.79 Å². The molecule has 2 N–H and O–H groups in total. The molecular weight excluding hydrogens is 324 g/mol. The average molecular weight is 345 g/mol. The van der Waals surface area contributed by atoms with Gasteiger partial charge in [-0.15, -0.1) is 0 Å². The monoisotopic (exact) mass is 345 g/mol. The first kappa shape index (κ1) is 17.1. The van der Waals surface area contributed by atoms with E-state index in [9.17, 15) is 9.59 Å². The largest absolute Gasteiger partial charge is 0.444 e. The Labute approximate surface area is 144 Å². The van der Waals surface area contributed by atoms with E-state index in [1.807, 2.05) is 24.3 Å². The Morgan fingerprint density at radius 1 is 1.29 bits per heavy atom. The smallest absolute Gasteiger partial charge is 0.414 e. The topological polar surface area (TPSA) is 81.9 Å². The lowest BCUT2D eigenvalue weighted by Crippen LogP contribution is -2.42. The molecule has 2 unspecified atom stereocenters. The van der Waals surface area contributed by atoms with E-state index >= 15 is 0 Å². The summed E-state index contributed by atoms with van der Waals surface area (Å²) in [6.07, 6.45) is 2.08. The van der Waals surface area contributed by atoms with Gasteiger partial charge in [-0.1, -0.05) is 12.1 Å². The first-order chi connectivity index (χ1) is 11.5. The van der Waals surface area contributed by atoms with Gasteiger partial charge in [-0.05, 0) is 37.0 Å². The van der Waals surface area contributed by atoms with Crippen molar-refractivity contribution in [2.75, 3.05) is 31.2 Å². The van der Waals surface area contributed by atoms with Gasteiger partial charge >= 0.3 is 6.09 Å². The Hall–Kier alpha value is -1.70. The number of rotatable bonds is 5. The minimum Gasteiger partial charge on any atom is -0.444 e. The highest BCUT2D eigenvalue weighted by molar-refractivity contribution is 6.18. The van der Waals surface area contributed by atoms with Gasteiger partial charge in [0, 0.05) is 24.8 Å². The predicted molar refractivity (Wildman–Crippen MR) is 90.1 cm³/mol. The third kappa shape index (κ3) is 3.68. The maximum Gasteiger partial charge on any atom is 0.414 e. The maximum absolute atomic E-state index is 12.0. The molecular formula is C17H21N2O4Si. The molecule has 3 radical (unpaired) electrons. The Morgan fingerprint density at radius 2 is 2.04 bits per heavy atom. The van der Waals surface area contributed by atoms with Crippen molar-refractivity contribution in [2.24, 2.45) is 11.7 Å². The van der Waals surface area contributed by atoms with Crippen molar-refractivity contribution in [1.82, 2.24) is 0 Å². The van der Waals surface area contributed by atoms with Crippen LogP contribution in [0.15, 0.2) is 24.3 Å². The zero-order chi connectivity index (χ0) is 17.2. The van der Waals surface area contributed by atoms with Crippen LogP contribution in [-0.2, 0) is 20.7 Å². The normalized spacial score (nSPS) is 27.4. The fourth-order valence-corrected chi connectivity index (χ4v) is 3.29. The van der Waals surface area contributed by atoms with Crippen LogP contribution in [0.2, 0.25) is 0 Å². The van der Waals surface area contributed by atoms with Gasteiger partial charge in [0.1, 0.15) is 11.8 Å². The summed E-state index contributed by atoms with van der Waals surface area (Å²) in [5.74, 6) is 0.304. The van der Waals surface area contributed by atoms with Gasteiger partial charge in [0.25, 0.3) is 0 Å². The Kier molecular flexibility index (Phi) is 5.03. The molecule has 6 nitrogen and oxygen atoms in total. The summed E-state index contributed by atoms with van der Waals surface area (Å²) in [5, 5.41) is -0.820. The highest BCUT2D eigenvalue weighted by Gasteiger charge is 2.40. The minimum absolute atomic E-state index is 0.102. The van der Waals surface area contributed by atoms with Crippen molar-refractivity contribution in [3.63, 3.8) is 0 Å². The quantitative estimate of drug-likeness (QED) is 0.805. The van der Waals surface area contributed by atoms with Gasteiger partial charge in [-0.3, -0.25) is 9.69 Å². The Balaban J connectivity index is 1.59. The second-order valence-corrected chi connectivity index (χ2v) is 7.27. The molecule has 2 saturated heterocycles. The SMILES string of the molecule is NCC1([Si])CN(c2ccc(CCC3CCOCC3=O)cc2)C(=O)O1. The lowest BCUT2D eigenvalue weighted by Gasteiger charge is -2.21. The van der Waals surface area contributed by atoms with Crippen LogP contribution in [0, 0.1) is 5.92 Å². The van der Waals surface area contributed by atoms with Crippen molar-refractivity contribution < 1.29 is 19.1 Å². The van der Waals surface area contributed by atoms with E-state index in [1.165, 1.54) is 0 Å². The molecule has 2 heterocycles. The lowest BCUT2D eigenvalue weighted by atomic mass is 9.92. The molecule has 0 bridgehead atoms. The molecule has 3 rings (SSSR count). The molecule has 0 aromatic heterocycles. The third-order valence-electron chi connectivity index (χ3n) is 4.59. The second-order valence-electron chi connectivity index (χ2n) is 6.36. The first-order valence-electron chi connectivity index (χ1n) is 8.16. The molecule has 2 atom stereocenters. The number of ketones is 1. The van der Waals surface area contributed by atoms with E-state index in [-0.39, 0.29) is 24.9 Å². The van der Waals surface area contributed by atoms with Crippen molar-refractivity contribution in [1.29, 1.82) is 0 Å². The predicted octanol–water partition coefficient (Wildman–Crippen LogP) is 1.00. The van der Waals surface area contributed by atoms with Gasteiger partial charge in [0.15, 0.2) is 5.78 Å². The van der Waals surface area contributed by atoms with Crippen LogP contribution in [0.1, 0.15) is 18.4 Å². The van der Waals surface area contributed by atoms with Crippen LogP contribution in [0.3, 0.4) is 0 Å². The van der Waals surface area contributed by atoms with Crippen LogP contribution in [0.5, 0.6) is 0 Å². The van der Waals surface area contributed by atoms with Gasteiger partial charge in [0.2, 0.25) is 0 Å². The Morgan fingerprint density at radius 3 is 2.67 bits per heavy atom. The molecule has 2 aliphatic rings. The summed E-state index contributed by atoms with van der Waals surface area (Å²) >= 11 is 0. The molecule has 24 heavy (non-hydrogen) atoms. The van der Waals surface area contributed by atoms with Crippen molar-refractivity contribution in [3.8, 4) is 0 Å². The van der Waals surface area contributed by atoms with E-state index in [0.29, 0.717) is 13.2 Å². The summed E-state index contributed by atoms with van der Waals surface area (Å²) in [4.78, 5) is 25.3. The summed E-state index contributed by atoms with van der Waals surface area (Å²) < 4.78 is 10.4. The number of nitrogens with two attached hydrogens (primary N) is 1. The number of carbonyl (C=O) groups is 2. The molecule has 1 aromatic carbocycles. The first-order valence-corrected chi connectivity index (χ1v) is 8.66. The molecule has 2 aliphatic heterocycles. The second kappa shape index (κ2) is 7.04. The zero-order valence-electron chi connectivity index (χ0n) is 13.5. The highest BCUT2D eigenvalue weighted by Crippen LogP contribution is 2.26. The van der Waals surface area contributed by atoms with Gasteiger partial charge in [-0.2, -0.15) is 0 Å². The molecule has 0 spiro atoms. The van der Waals surface area contributed by atoms with Crippen molar-refractivity contribution >= 4 is 27.8 Å². The third-order valence-corrected chi connectivity index (χ3v) is 5.05. The molecule has 2 fully saturated rings.